The number of nitrogens with zero attached hydrogens (tertiary/aromatic N) is 2. The van der Waals surface area contributed by atoms with Crippen LogP contribution in [-0.2, 0) is 5.75 Å². The average Bonchev–Trinajstić information content (AvgIpc) is 2.37. The van der Waals surface area contributed by atoms with Crippen molar-refractivity contribution in [2.75, 3.05) is 0 Å². The maximum atomic E-state index is 10.5. The molecule has 92 valence electrons. The molecule has 0 radical (unpaired) electrons. The Morgan fingerprint density at radius 1 is 1.33 bits per heavy atom. The summed E-state index contributed by atoms with van der Waals surface area (Å²) in [5, 5.41) is 11.3. The third-order valence-corrected chi connectivity index (χ3v) is 3.42. The van der Waals surface area contributed by atoms with Gasteiger partial charge in [-0.15, -0.1) is 11.8 Å². The van der Waals surface area contributed by atoms with Crippen LogP contribution in [0.5, 0.6) is 0 Å². The zero-order chi connectivity index (χ0) is 13.0. The van der Waals surface area contributed by atoms with Gasteiger partial charge in [-0.3, -0.25) is 10.1 Å². The molecule has 1 heterocycles. The first-order valence-electron chi connectivity index (χ1n) is 5.44. The molecule has 18 heavy (non-hydrogen) atoms. The van der Waals surface area contributed by atoms with Crippen molar-refractivity contribution in [3.8, 4) is 0 Å². The van der Waals surface area contributed by atoms with E-state index in [-0.39, 0.29) is 5.69 Å². The van der Waals surface area contributed by atoms with Gasteiger partial charge in [0.15, 0.2) is 0 Å². The molecule has 0 N–H and O–H groups in total. The summed E-state index contributed by atoms with van der Waals surface area (Å²) in [7, 11) is 0. The second-order valence-electron chi connectivity index (χ2n) is 3.89. The predicted octanol–water partition coefficient (Wildman–Crippen LogP) is 3.59. The largest absolute Gasteiger partial charge is 0.287 e. The van der Waals surface area contributed by atoms with Crippen molar-refractivity contribution < 1.29 is 4.92 Å². The molecule has 1 aromatic carbocycles. The molecule has 0 atom stereocenters. The number of nitro groups is 1. The Morgan fingerprint density at radius 2 is 2.17 bits per heavy atom. The van der Waals surface area contributed by atoms with E-state index >= 15 is 0 Å². The lowest BCUT2D eigenvalue weighted by molar-refractivity contribution is -0.385. The van der Waals surface area contributed by atoms with Crippen molar-refractivity contribution in [1.29, 1.82) is 0 Å². The second-order valence-corrected chi connectivity index (χ2v) is 4.89. The SMILES string of the molecule is Cc1cccc(CSc2ccc([N+](=O)[O-])cn2)c1. The van der Waals surface area contributed by atoms with Gasteiger partial charge in [-0.05, 0) is 18.6 Å². The maximum absolute atomic E-state index is 10.5. The van der Waals surface area contributed by atoms with E-state index in [1.807, 2.05) is 6.07 Å². The van der Waals surface area contributed by atoms with Crippen LogP contribution in [0.15, 0.2) is 47.6 Å². The minimum atomic E-state index is -0.442. The number of hydrogen-bond donors (Lipinski definition) is 0. The van der Waals surface area contributed by atoms with Gasteiger partial charge in [0.05, 0.1) is 9.95 Å². The number of pyridine rings is 1. The monoisotopic (exact) mass is 260 g/mol. The Kier molecular flexibility index (Phi) is 3.94. The van der Waals surface area contributed by atoms with Gasteiger partial charge in [0.25, 0.3) is 5.69 Å². The van der Waals surface area contributed by atoms with Crippen molar-refractivity contribution in [3.05, 3.63) is 63.8 Å². The molecule has 0 saturated heterocycles. The van der Waals surface area contributed by atoms with Crippen LogP contribution < -0.4 is 0 Å². The standard InChI is InChI=1S/C13H12N2O2S/c1-10-3-2-4-11(7-10)9-18-13-6-5-12(8-14-13)15(16)17/h2-8H,9H2,1H3. The van der Waals surface area contributed by atoms with E-state index in [4.69, 9.17) is 0 Å². The first-order chi connectivity index (χ1) is 8.65. The van der Waals surface area contributed by atoms with Crippen LogP contribution in [-0.4, -0.2) is 9.91 Å². The molecule has 5 heteroatoms. The van der Waals surface area contributed by atoms with E-state index in [1.165, 1.54) is 23.4 Å². The molecular formula is C13H12N2O2S. The van der Waals surface area contributed by atoms with E-state index in [0.29, 0.717) is 0 Å². The number of benzene rings is 1. The van der Waals surface area contributed by atoms with Crippen molar-refractivity contribution in [3.63, 3.8) is 0 Å². The summed E-state index contributed by atoms with van der Waals surface area (Å²) in [6.07, 6.45) is 1.29. The summed E-state index contributed by atoms with van der Waals surface area (Å²) in [6, 6.07) is 11.4. The van der Waals surface area contributed by atoms with Crippen molar-refractivity contribution in [1.82, 2.24) is 4.98 Å². The first-order valence-corrected chi connectivity index (χ1v) is 6.42. The summed E-state index contributed by atoms with van der Waals surface area (Å²) in [5.74, 6) is 0.812. The molecule has 0 aliphatic rings. The Labute approximate surface area is 109 Å². The topological polar surface area (TPSA) is 56.0 Å². The van der Waals surface area contributed by atoms with Gasteiger partial charge in [-0.2, -0.15) is 0 Å². The van der Waals surface area contributed by atoms with E-state index in [1.54, 1.807) is 17.8 Å². The van der Waals surface area contributed by atoms with Gasteiger partial charge in [-0.1, -0.05) is 29.8 Å². The number of aryl methyl sites for hydroxylation is 1. The molecule has 2 rings (SSSR count). The van der Waals surface area contributed by atoms with E-state index in [9.17, 15) is 10.1 Å². The highest BCUT2D eigenvalue weighted by molar-refractivity contribution is 7.98. The van der Waals surface area contributed by atoms with Crippen LogP contribution in [0.2, 0.25) is 0 Å². The molecule has 0 aliphatic heterocycles. The highest BCUT2D eigenvalue weighted by Crippen LogP contribution is 2.22. The fraction of sp³-hybridized carbons (Fsp3) is 0.154. The molecule has 0 amide bonds. The highest BCUT2D eigenvalue weighted by atomic mass is 32.2. The predicted molar refractivity (Wildman–Crippen MR) is 71.6 cm³/mol. The minimum absolute atomic E-state index is 0.0231. The fourth-order valence-corrected chi connectivity index (χ4v) is 2.31. The molecule has 0 fully saturated rings. The maximum Gasteiger partial charge on any atom is 0.287 e. The highest BCUT2D eigenvalue weighted by Gasteiger charge is 2.05. The molecule has 4 nitrogen and oxygen atoms in total. The number of hydrogen-bond acceptors (Lipinski definition) is 4. The summed E-state index contributed by atoms with van der Waals surface area (Å²) < 4.78 is 0. The molecule has 0 unspecified atom stereocenters. The Hall–Kier alpha value is -1.88. The van der Waals surface area contributed by atoms with Gasteiger partial charge in [0, 0.05) is 11.8 Å². The molecule has 1 aromatic heterocycles. The van der Waals surface area contributed by atoms with Crippen LogP contribution in [0, 0.1) is 17.0 Å². The third kappa shape index (κ3) is 3.30. The van der Waals surface area contributed by atoms with Crippen LogP contribution in [0.25, 0.3) is 0 Å². The molecule has 2 aromatic rings. The lowest BCUT2D eigenvalue weighted by atomic mass is 10.2. The van der Waals surface area contributed by atoms with Gasteiger partial charge in [-0.25, -0.2) is 4.98 Å². The van der Waals surface area contributed by atoms with E-state index in [2.05, 4.69) is 30.1 Å². The van der Waals surface area contributed by atoms with Crippen LogP contribution in [0.4, 0.5) is 5.69 Å². The van der Waals surface area contributed by atoms with Crippen LogP contribution in [0.3, 0.4) is 0 Å². The normalized spacial score (nSPS) is 10.3. The molecule has 0 spiro atoms. The Bertz CT molecular complexity index is 555. The molecule has 0 aliphatic carbocycles. The zero-order valence-corrected chi connectivity index (χ0v) is 10.7. The Morgan fingerprint density at radius 3 is 2.78 bits per heavy atom. The minimum Gasteiger partial charge on any atom is -0.258 e. The molecular weight excluding hydrogens is 248 g/mol. The zero-order valence-electron chi connectivity index (χ0n) is 9.87. The first kappa shape index (κ1) is 12.6. The molecule has 0 saturated carbocycles. The summed E-state index contributed by atoms with van der Waals surface area (Å²) in [5.41, 5.74) is 2.47. The van der Waals surface area contributed by atoms with Crippen LogP contribution in [0.1, 0.15) is 11.1 Å². The smallest absolute Gasteiger partial charge is 0.258 e. The fourth-order valence-electron chi connectivity index (χ4n) is 1.53. The van der Waals surface area contributed by atoms with Crippen LogP contribution >= 0.6 is 11.8 Å². The van der Waals surface area contributed by atoms with E-state index < -0.39 is 4.92 Å². The Balaban J connectivity index is 2.00. The van der Waals surface area contributed by atoms with Gasteiger partial charge >= 0.3 is 0 Å². The van der Waals surface area contributed by atoms with Crippen molar-refractivity contribution in [2.45, 2.75) is 17.7 Å². The second kappa shape index (κ2) is 5.64. The third-order valence-electron chi connectivity index (χ3n) is 2.40. The van der Waals surface area contributed by atoms with E-state index in [0.717, 1.165) is 10.8 Å². The quantitative estimate of drug-likeness (QED) is 0.479. The van der Waals surface area contributed by atoms with Gasteiger partial charge in [0.2, 0.25) is 0 Å². The lowest BCUT2D eigenvalue weighted by Crippen LogP contribution is -1.89. The summed E-state index contributed by atoms with van der Waals surface area (Å²) >= 11 is 1.57. The number of thioether (sulfide) groups is 1. The van der Waals surface area contributed by atoms with Gasteiger partial charge in [0.1, 0.15) is 6.20 Å². The van der Waals surface area contributed by atoms with Gasteiger partial charge < -0.3 is 0 Å². The average molecular weight is 260 g/mol. The summed E-state index contributed by atoms with van der Waals surface area (Å²) in [6.45, 7) is 2.05. The van der Waals surface area contributed by atoms with Crippen molar-refractivity contribution in [2.24, 2.45) is 0 Å². The molecule has 0 bridgehead atoms. The summed E-state index contributed by atoms with van der Waals surface area (Å²) in [4.78, 5) is 14.1. The number of rotatable bonds is 4. The lowest BCUT2D eigenvalue weighted by Gasteiger charge is -2.02. The van der Waals surface area contributed by atoms with Crippen molar-refractivity contribution >= 4 is 17.4 Å². The number of aromatic nitrogens is 1.